The van der Waals surface area contributed by atoms with Crippen molar-refractivity contribution in [3.05, 3.63) is 42.4 Å². The van der Waals surface area contributed by atoms with Crippen molar-refractivity contribution >= 4 is 11.6 Å². The first kappa shape index (κ1) is 9.59. The Morgan fingerprint density at radius 2 is 2.29 bits per heavy atom. The molecule has 0 spiro atoms. The Balaban J connectivity index is 2.35. The van der Waals surface area contributed by atoms with Crippen LogP contribution in [0.1, 0.15) is 10.5 Å². The fourth-order valence-corrected chi connectivity index (χ4v) is 1.70. The second-order valence-corrected chi connectivity index (χ2v) is 3.52. The van der Waals surface area contributed by atoms with E-state index in [1.165, 1.54) is 6.07 Å². The highest BCUT2D eigenvalue weighted by atomic mass is 16.4. The van der Waals surface area contributed by atoms with Crippen LogP contribution in [-0.4, -0.2) is 30.7 Å². The summed E-state index contributed by atoms with van der Waals surface area (Å²) < 4.78 is 1.60. The summed E-state index contributed by atoms with van der Waals surface area (Å²) in [6.45, 7) is 0. The summed E-state index contributed by atoms with van der Waals surface area (Å²) in [4.78, 5) is 18.0. The highest BCUT2D eigenvalue weighted by Gasteiger charge is 2.12. The SMILES string of the molecule is O=C(O)c1cc(-c2ccc[nH]2)n2nccc2n1. The fourth-order valence-electron chi connectivity index (χ4n) is 1.70. The summed E-state index contributed by atoms with van der Waals surface area (Å²) in [5, 5.41) is 13.1. The first-order valence-corrected chi connectivity index (χ1v) is 4.97. The molecule has 0 radical (unpaired) electrons. The number of carboxylic acid groups (broad SMARTS) is 1. The highest BCUT2D eigenvalue weighted by Crippen LogP contribution is 2.18. The van der Waals surface area contributed by atoms with E-state index >= 15 is 0 Å². The third-order valence-electron chi connectivity index (χ3n) is 2.45. The largest absolute Gasteiger partial charge is 0.477 e. The summed E-state index contributed by atoms with van der Waals surface area (Å²) in [6.07, 6.45) is 3.35. The first-order valence-electron chi connectivity index (χ1n) is 4.97. The molecule has 0 fully saturated rings. The van der Waals surface area contributed by atoms with E-state index in [1.54, 1.807) is 23.0 Å². The van der Waals surface area contributed by atoms with Gasteiger partial charge in [0.2, 0.25) is 0 Å². The number of aromatic amines is 1. The van der Waals surface area contributed by atoms with E-state index in [-0.39, 0.29) is 5.69 Å². The van der Waals surface area contributed by atoms with Crippen LogP contribution in [0.3, 0.4) is 0 Å². The van der Waals surface area contributed by atoms with Crippen LogP contribution in [0.15, 0.2) is 36.7 Å². The van der Waals surface area contributed by atoms with E-state index in [0.29, 0.717) is 11.3 Å². The van der Waals surface area contributed by atoms with Crippen molar-refractivity contribution in [2.45, 2.75) is 0 Å². The van der Waals surface area contributed by atoms with E-state index < -0.39 is 5.97 Å². The number of hydrogen-bond donors (Lipinski definition) is 2. The molecule has 0 saturated carbocycles. The summed E-state index contributed by atoms with van der Waals surface area (Å²) in [7, 11) is 0. The molecule has 0 unspecified atom stereocenters. The van der Waals surface area contributed by atoms with E-state index in [4.69, 9.17) is 5.11 Å². The zero-order valence-corrected chi connectivity index (χ0v) is 8.66. The van der Waals surface area contributed by atoms with Gasteiger partial charge in [-0.2, -0.15) is 5.10 Å². The fraction of sp³-hybridized carbons (Fsp3) is 0. The Morgan fingerprint density at radius 1 is 1.41 bits per heavy atom. The van der Waals surface area contributed by atoms with Gasteiger partial charge in [-0.3, -0.25) is 0 Å². The molecule has 6 heteroatoms. The third-order valence-corrected chi connectivity index (χ3v) is 2.45. The van der Waals surface area contributed by atoms with Crippen LogP contribution >= 0.6 is 0 Å². The molecule has 3 rings (SSSR count). The molecule has 0 saturated heterocycles. The van der Waals surface area contributed by atoms with Crippen LogP contribution < -0.4 is 0 Å². The summed E-state index contributed by atoms with van der Waals surface area (Å²) >= 11 is 0. The molecule has 0 aliphatic rings. The van der Waals surface area contributed by atoms with Crippen LogP contribution in [0.2, 0.25) is 0 Å². The average molecular weight is 228 g/mol. The van der Waals surface area contributed by atoms with Gasteiger partial charge in [0.05, 0.1) is 17.6 Å². The first-order chi connectivity index (χ1) is 8.25. The van der Waals surface area contributed by atoms with Crippen molar-refractivity contribution in [1.82, 2.24) is 19.6 Å². The Kier molecular flexibility index (Phi) is 1.94. The normalized spacial score (nSPS) is 10.8. The maximum Gasteiger partial charge on any atom is 0.354 e. The molecule has 0 atom stereocenters. The lowest BCUT2D eigenvalue weighted by Gasteiger charge is -2.04. The van der Waals surface area contributed by atoms with Crippen LogP contribution in [0.25, 0.3) is 17.0 Å². The van der Waals surface area contributed by atoms with Gasteiger partial charge in [0.25, 0.3) is 0 Å². The molecule has 2 N–H and O–H groups in total. The van der Waals surface area contributed by atoms with Gasteiger partial charge >= 0.3 is 5.97 Å². The number of carboxylic acids is 1. The molecule has 0 bridgehead atoms. The molecular weight excluding hydrogens is 220 g/mol. The molecule has 84 valence electrons. The maximum absolute atomic E-state index is 11.0. The van der Waals surface area contributed by atoms with E-state index in [2.05, 4.69) is 15.1 Å². The molecule has 3 heterocycles. The lowest BCUT2D eigenvalue weighted by atomic mass is 10.2. The van der Waals surface area contributed by atoms with Crippen molar-refractivity contribution in [3.8, 4) is 11.4 Å². The van der Waals surface area contributed by atoms with Gasteiger partial charge in [-0.1, -0.05) is 0 Å². The number of aromatic nitrogens is 4. The lowest BCUT2D eigenvalue weighted by molar-refractivity contribution is 0.0690. The minimum absolute atomic E-state index is 0.00241. The monoisotopic (exact) mass is 228 g/mol. The zero-order valence-electron chi connectivity index (χ0n) is 8.66. The zero-order chi connectivity index (χ0) is 11.8. The predicted octanol–water partition coefficient (Wildman–Crippen LogP) is 1.42. The van der Waals surface area contributed by atoms with Gasteiger partial charge in [-0.05, 0) is 18.2 Å². The minimum Gasteiger partial charge on any atom is -0.477 e. The van der Waals surface area contributed by atoms with Gasteiger partial charge in [-0.15, -0.1) is 0 Å². The number of nitrogens with one attached hydrogen (secondary N) is 1. The molecule has 3 aromatic heterocycles. The Morgan fingerprint density at radius 3 is 3.00 bits per heavy atom. The molecule has 17 heavy (non-hydrogen) atoms. The molecule has 0 aromatic carbocycles. The van der Waals surface area contributed by atoms with Crippen LogP contribution in [0, 0.1) is 0 Å². The van der Waals surface area contributed by atoms with Crippen molar-refractivity contribution in [3.63, 3.8) is 0 Å². The Bertz CT molecular complexity index is 685. The maximum atomic E-state index is 11.0. The molecule has 6 nitrogen and oxygen atoms in total. The summed E-state index contributed by atoms with van der Waals surface area (Å²) in [6, 6.07) is 6.85. The second-order valence-electron chi connectivity index (χ2n) is 3.52. The smallest absolute Gasteiger partial charge is 0.354 e. The highest BCUT2D eigenvalue weighted by molar-refractivity contribution is 5.87. The van der Waals surface area contributed by atoms with E-state index in [0.717, 1.165) is 5.69 Å². The van der Waals surface area contributed by atoms with Gasteiger partial charge in [0.1, 0.15) is 0 Å². The molecule has 0 amide bonds. The van der Waals surface area contributed by atoms with E-state index in [9.17, 15) is 4.79 Å². The van der Waals surface area contributed by atoms with Crippen LogP contribution in [-0.2, 0) is 0 Å². The number of aromatic carboxylic acids is 1. The van der Waals surface area contributed by atoms with Crippen molar-refractivity contribution in [2.24, 2.45) is 0 Å². The molecule has 0 aliphatic heterocycles. The Hall–Kier alpha value is -2.63. The molecular formula is C11H8N4O2. The van der Waals surface area contributed by atoms with Crippen molar-refractivity contribution in [2.75, 3.05) is 0 Å². The minimum atomic E-state index is -1.05. The summed E-state index contributed by atoms with van der Waals surface area (Å²) in [5.74, 6) is -1.05. The number of carbonyl (C=O) groups is 1. The standard InChI is InChI=1S/C11H8N4O2/c16-11(17)8-6-9(7-2-1-4-12-7)15-10(14-8)3-5-13-15/h1-6,12H,(H,16,17). The van der Waals surface area contributed by atoms with Gasteiger partial charge < -0.3 is 10.1 Å². The van der Waals surface area contributed by atoms with Gasteiger partial charge in [0, 0.05) is 12.3 Å². The number of nitrogens with zero attached hydrogens (tertiary/aromatic N) is 3. The summed E-state index contributed by atoms with van der Waals surface area (Å²) in [5.41, 5.74) is 1.98. The molecule has 3 aromatic rings. The van der Waals surface area contributed by atoms with Gasteiger partial charge in [-0.25, -0.2) is 14.3 Å². The average Bonchev–Trinajstić information content (AvgIpc) is 2.98. The van der Waals surface area contributed by atoms with E-state index in [1.807, 2.05) is 12.1 Å². The number of fused-ring (bicyclic) bond motifs is 1. The topological polar surface area (TPSA) is 83.3 Å². The van der Waals surface area contributed by atoms with Crippen molar-refractivity contribution in [1.29, 1.82) is 0 Å². The predicted molar refractivity (Wildman–Crippen MR) is 59.7 cm³/mol. The number of H-pyrrole nitrogens is 1. The van der Waals surface area contributed by atoms with Crippen LogP contribution in [0.5, 0.6) is 0 Å². The quantitative estimate of drug-likeness (QED) is 0.694. The Labute approximate surface area is 95.5 Å². The number of rotatable bonds is 2. The molecule has 0 aliphatic carbocycles. The second kappa shape index (κ2) is 3.44. The number of hydrogen-bond acceptors (Lipinski definition) is 3. The van der Waals surface area contributed by atoms with Crippen molar-refractivity contribution < 1.29 is 9.90 Å². The lowest BCUT2D eigenvalue weighted by Crippen LogP contribution is -2.05. The van der Waals surface area contributed by atoms with Gasteiger partial charge in [0.15, 0.2) is 11.3 Å². The third kappa shape index (κ3) is 1.46. The van der Waals surface area contributed by atoms with Crippen LogP contribution in [0.4, 0.5) is 0 Å².